The van der Waals surface area contributed by atoms with Gasteiger partial charge in [0, 0.05) is 33.9 Å². The largest absolute Gasteiger partial charge is 0.376 e. The lowest BCUT2D eigenvalue weighted by molar-refractivity contribution is 0.569. The molecule has 0 aromatic heterocycles. The summed E-state index contributed by atoms with van der Waals surface area (Å²) in [7, 11) is 0. The Balaban J connectivity index is 1.63. The Labute approximate surface area is 264 Å². The first kappa shape index (κ1) is 28.5. The first-order valence-electron chi connectivity index (χ1n) is 16.0. The summed E-state index contributed by atoms with van der Waals surface area (Å²) in [6, 6.07) is 42.9. The third kappa shape index (κ3) is 4.24. The molecule has 2 nitrogen and oxygen atoms in total. The van der Waals surface area contributed by atoms with Gasteiger partial charge >= 0.3 is 6.85 Å². The first-order chi connectivity index (χ1) is 20.9. The topological polar surface area (TPSA) is 6.48 Å². The van der Waals surface area contributed by atoms with Gasteiger partial charge < -0.3 is 9.71 Å². The van der Waals surface area contributed by atoms with Crippen LogP contribution in [0.25, 0.3) is 0 Å². The van der Waals surface area contributed by atoms with Gasteiger partial charge in [0.05, 0.1) is 0 Å². The molecular formula is C41H43BN2. The summed E-state index contributed by atoms with van der Waals surface area (Å²) in [5.74, 6) is 0. The van der Waals surface area contributed by atoms with E-state index in [1.165, 1.54) is 61.6 Å². The number of para-hydroxylation sites is 5. The minimum Gasteiger partial charge on any atom is -0.376 e. The second-order valence-electron chi connectivity index (χ2n) is 15.1. The monoisotopic (exact) mass is 574 g/mol. The SMILES string of the molecule is CC(C)(C)c1cccc2c1N(B1c3ccccc3N(c3ccccc3)c3ccccc31)c1c(C(C)(C)C)cccc1C2(C)C. The van der Waals surface area contributed by atoms with E-state index in [1.54, 1.807) is 0 Å². The first-order valence-corrected chi connectivity index (χ1v) is 16.0. The highest BCUT2D eigenvalue weighted by atomic mass is 15.2. The van der Waals surface area contributed by atoms with Gasteiger partial charge in [-0.3, -0.25) is 0 Å². The molecule has 0 saturated carbocycles. The molecule has 0 saturated heterocycles. The van der Waals surface area contributed by atoms with Gasteiger partial charge in [-0.1, -0.05) is 146 Å². The van der Waals surface area contributed by atoms with Crippen molar-refractivity contribution in [1.29, 1.82) is 0 Å². The normalized spacial score (nSPS) is 15.3. The van der Waals surface area contributed by atoms with E-state index in [0.717, 1.165) is 0 Å². The fraction of sp³-hybridized carbons (Fsp3) is 0.268. The van der Waals surface area contributed by atoms with Crippen molar-refractivity contribution < 1.29 is 0 Å². The van der Waals surface area contributed by atoms with Crippen molar-refractivity contribution in [3.63, 3.8) is 0 Å². The summed E-state index contributed by atoms with van der Waals surface area (Å²) in [6.07, 6.45) is 0. The van der Waals surface area contributed by atoms with Crippen LogP contribution in [0.1, 0.15) is 77.6 Å². The Kier molecular flexibility index (Phi) is 6.41. The van der Waals surface area contributed by atoms with Gasteiger partial charge in [0.15, 0.2) is 0 Å². The van der Waals surface area contributed by atoms with E-state index in [2.05, 4.69) is 180 Å². The van der Waals surface area contributed by atoms with Crippen molar-refractivity contribution in [2.24, 2.45) is 0 Å². The maximum absolute atomic E-state index is 2.75. The molecule has 5 aromatic rings. The maximum Gasteiger partial charge on any atom is 0.332 e. The van der Waals surface area contributed by atoms with E-state index in [-0.39, 0.29) is 23.1 Å². The highest BCUT2D eigenvalue weighted by Crippen LogP contribution is 2.55. The number of benzene rings is 5. The molecule has 0 bridgehead atoms. The van der Waals surface area contributed by atoms with Crippen LogP contribution in [0.15, 0.2) is 115 Å². The van der Waals surface area contributed by atoms with E-state index in [1.807, 2.05) is 0 Å². The quantitative estimate of drug-likeness (QED) is 0.194. The molecular weight excluding hydrogens is 531 g/mol. The molecule has 44 heavy (non-hydrogen) atoms. The van der Waals surface area contributed by atoms with Crippen molar-refractivity contribution in [3.05, 3.63) is 138 Å². The second kappa shape index (κ2) is 9.89. The van der Waals surface area contributed by atoms with Crippen LogP contribution in [0.5, 0.6) is 0 Å². The van der Waals surface area contributed by atoms with Crippen LogP contribution in [-0.2, 0) is 16.2 Å². The minimum atomic E-state index is -0.159. The van der Waals surface area contributed by atoms with Gasteiger partial charge in [0.2, 0.25) is 0 Å². The minimum absolute atomic E-state index is 0.0111. The summed E-state index contributed by atoms with van der Waals surface area (Å²) in [6.45, 7) is 19.0. The third-order valence-corrected chi connectivity index (χ3v) is 9.73. The lowest BCUT2D eigenvalue weighted by atomic mass is 9.45. The maximum atomic E-state index is 2.75. The van der Waals surface area contributed by atoms with E-state index < -0.39 is 0 Å². The molecule has 5 aromatic carbocycles. The Hall–Kier alpha value is -4.24. The van der Waals surface area contributed by atoms with Crippen molar-refractivity contribution in [2.75, 3.05) is 9.71 Å². The fourth-order valence-electron chi connectivity index (χ4n) is 7.62. The highest BCUT2D eigenvalue weighted by molar-refractivity contribution is 6.92. The average molecular weight is 575 g/mol. The smallest absolute Gasteiger partial charge is 0.332 e. The number of anilines is 5. The molecule has 0 fully saturated rings. The van der Waals surface area contributed by atoms with Crippen LogP contribution in [0.2, 0.25) is 0 Å². The van der Waals surface area contributed by atoms with Crippen LogP contribution < -0.4 is 20.6 Å². The van der Waals surface area contributed by atoms with Gasteiger partial charge in [-0.25, -0.2) is 0 Å². The van der Waals surface area contributed by atoms with Gasteiger partial charge in [0.1, 0.15) is 0 Å². The molecule has 0 aliphatic carbocycles. The van der Waals surface area contributed by atoms with Crippen LogP contribution in [0.4, 0.5) is 28.4 Å². The summed E-state index contributed by atoms with van der Waals surface area (Å²) in [5.41, 5.74) is 14.3. The molecule has 0 radical (unpaired) electrons. The predicted molar refractivity (Wildman–Crippen MR) is 191 cm³/mol. The molecule has 7 rings (SSSR count). The zero-order valence-corrected chi connectivity index (χ0v) is 27.4. The van der Waals surface area contributed by atoms with Crippen molar-refractivity contribution in [1.82, 2.24) is 0 Å². The molecule has 0 unspecified atom stereocenters. The number of rotatable bonds is 2. The molecule has 0 spiro atoms. The lowest BCUT2D eigenvalue weighted by Crippen LogP contribution is -2.61. The highest BCUT2D eigenvalue weighted by Gasteiger charge is 2.48. The zero-order valence-electron chi connectivity index (χ0n) is 27.4. The Morgan fingerprint density at radius 3 is 1.39 bits per heavy atom. The van der Waals surface area contributed by atoms with Gasteiger partial charge in [-0.15, -0.1) is 0 Å². The van der Waals surface area contributed by atoms with Gasteiger partial charge in [-0.2, -0.15) is 0 Å². The molecule has 3 heteroatoms. The molecule has 220 valence electrons. The van der Waals surface area contributed by atoms with Crippen LogP contribution in [0, 0.1) is 0 Å². The van der Waals surface area contributed by atoms with Crippen molar-refractivity contribution >= 4 is 46.2 Å². The summed E-state index contributed by atoms with van der Waals surface area (Å²) in [5, 5.41) is 0. The second-order valence-corrected chi connectivity index (χ2v) is 15.1. The van der Waals surface area contributed by atoms with Crippen LogP contribution >= 0.6 is 0 Å². The summed E-state index contributed by atoms with van der Waals surface area (Å²) in [4.78, 5) is 5.19. The Morgan fingerprint density at radius 1 is 0.500 bits per heavy atom. The molecule has 2 heterocycles. The average Bonchev–Trinajstić information content (AvgIpc) is 3.00. The van der Waals surface area contributed by atoms with E-state index in [4.69, 9.17) is 0 Å². The number of hydrogen-bond donors (Lipinski definition) is 0. The van der Waals surface area contributed by atoms with Crippen molar-refractivity contribution in [2.45, 2.75) is 71.6 Å². The molecule has 2 aliphatic rings. The van der Waals surface area contributed by atoms with E-state index in [0.29, 0.717) is 0 Å². The Bertz CT molecular complexity index is 1760. The Morgan fingerprint density at radius 2 is 0.932 bits per heavy atom. The van der Waals surface area contributed by atoms with Gasteiger partial charge in [-0.05, 0) is 68.3 Å². The predicted octanol–water partition coefficient (Wildman–Crippen LogP) is 9.65. The standard InChI is InChI=1S/C41H43BN2/c1-39(2,3)29-20-16-22-31-37(29)44(38-30(40(4,5)6)21-17-23-32(38)41(31,7)8)42-33-24-12-14-26-35(33)43(28-18-10-9-11-19-28)36-27-15-13-25-34(36)42/h9-27H,1-8H3. The van der Waals surface area contributed by atoms with Crippen LogP contribution in [0.3, 0.4) is 0 Å². The molecule has 0 N–H and O–H groups in total. The molecule has 2 aliphatic heterocycles. The lowest BCUT2D eigenvalue weighted by Gasteiger charge is -2.50. The molecule has 0 atom stereocenters. The zero-order chi connectivity index (χ0) is 31.0. The molecule has 0 amide bonds. The van der Waals surface area contributed by atoms with E-state index in [9.17, 15) is 0 Å². The van der Waals surface area contributed by atoms with Crippen molar-refractivity contribution in [3.8, 4) is 0 Å². The summed E-state index contributed by atoms with van der Waals surface area (Å²) < 4.78 is 0. The third-order valence-electron chi connectivity index (χ3n) is 9.73. The number of hydrogen-bond acceptors (Lipinski definition) is 2. The summed E-state index contributed by atoms with van der Waals surface area (Å²) >= 11 is 0. The van der Waals surface area contributed by atoms with E-state index >= 15 is 0 Å². The van der Waals surface area contributed by atoms with Crippen LogP contribution in [-0.4, -0.2) is 6.85 Å². The number of fused-ring (bicyclic) bond motifs is 4. The fourth-order valence-corrected chi connectivity index (χ4v) is 7.62. The number of nitrogens with zero attached hydrogens (tertiary/aromatic N) is 2. The van der Waals surface area contributed by atoms with Gasteiger partial charge in [0.25, 0.3) is 0 Å².